The predicted molar refractivity (Wildman–Crippen MR) is 101 cm³/mol. The van der Waals surface area contributed by atoms with E-state index in [1.807, 2.05) is 38.1 Å². The maximum absolute atomic E-state index is 13.3. The van der Waals surface area contributed by atoms with E-state index >= 15 is 0 Å². The van der Waals surface area contributed by atoms with Crippen molar-refractivity contribution in [1.82, 2.24) is 9.62 Å². The highest BCUT2D eigenvalue weighted by Crippen LogP contribution is 2.36. The predicted octanol–water partition coefficient (Wildman–Crippen LogP) is 2.81. The quantitative estimate of drug-likeness (QED) is 0.878. The van der Waals surface area contributed by atoms with Crippen molar-refractivity contribution in [2.45, 2.75) is 37.6 Å². The largest absolute Gasteiger partial charge is 0.356 e. The molecule has 1 aliphatic rings. The fourth-order valence-electron chi connectivity index (χ4n) is 3.42. The van der Waals surface area contributed by atoms with Crippen LogP contribution in [0.25, 0.3) is 0 Å². The first-order valence-electron chi connectivity index (χ1n) is 8.86. The number of nitrogens with one attached hydrogen (secondary N) is 1. The Morgan fingerprint density at radius 3 is 2.54 bits per heavy atom. The van der Waals surface area contributed by atoms with Crippen LogP contribution < -0.4 is 5.32 Å². The highest BCUT2D eigenvalue weighted by molar-refractivity contribution is 7.89. The van der Waals surface area contributed by atoms with Gasteiger partial charge in [-0.2, -0.15) is 4.31 Å². The minimum atomic E-state index is -3.68. The maximum atomic E-state index is 13.3. The van der Waals surface area contributed by atoms with Gasteiger partial charge >= 0.3 is 0 Å². The van der Waals surface area contributed by atoms with Gasteiger partial charge in [-0.05, 0) is 43.5 Å². The molecule has 0 spiro atoms. The SMILES string of the molecule is CCNC(=O)C[C@@H]1c2ccccc2CCN1S(=O)(=O)c1ccc(C)cc1. The Kier molecular flexibility index (Phi) is 5.44. The first kappa shape index (κ1) is 18.6. The first-order chi connectivity index (χ1) is 12.4. The van der Waals surface area contributed by atoms with Crippen LogP contribution in [0.5, 0.6) is 0 Å². The number of sulfonamides is 1. The average Bonchev–Trinajstić information content (AvgIpc) is 2.62. The molecule has 1 aliphatic heterocycles. The van der Waals surface area contributed by atoms with Gasteiger partial charge in [0.05, 0.1) is 10.9 Å². The van der Waals surface area contributed by atoms with E-state index in [1.54, 1.807) is 24.3 Å². The summed E-state index contributed by atoms with van der Waals surface area (Å²) in [5.41, 5.74) is 3.03. The lowest BCUT2D eigenvalue weighted by molar-refractivity contribution is -0.121. The molecule has 6 heteroatoms. The van der Waals surface area contributed by atoms with Gasteiger partial charge in [0.15, 0.2) is 0 Å². The van der Waals surface area contributed by atoms with Crippen molar-refractivity contribution >= 4 is 15.9 Å². The zero-order valence-corrected chi connectivity index (χ0v) is 15.9. The Hall–Kier alpha value is -2.18. The van der Waals surface area contributed by atoms with Crippen molar-refractivity contribution in [3.63, 3.8) is 0 Å². The molecule has 0 bridgehead atoms. The van der Waals surface area contributed by atoms with Crippen LogP contribution in [0.1, 0.15) is 36.1 Å². The van der Waals surface area contributed by atoms with Crippen LogP contribution in [-0.2, 0) is 21.2 Å². The smallest absolute Gasteiger partial charge is 0.243 e. The number of hydrogen-bond acceptors (Lipinski definition) is 3. The molecule has 1 heterocycles. The van der Waals surface area contributed by atoms with Gasteiger partial charge in [-0.3, -0.25) is 4.79 Å². The molecule has 0 unspecified atom stereocenters. The van der Waals surface area contributed by atoms with Crippen LogP contribution in [0.2, 0.25) is 0 Å². The van der Waals surface area contributed by atoms with Gasteiger partial charge in [-0.25, -0.2) is 8.42 Å². The summed E-state index contributed by atoms with van der Waals surface area (Å²) in [6.07, 6.45) is 0.767. The van der Waals surface area contributed by atoms with Crippen LogP contribution >= 0.6 is 0 Å². The number of carbonyl (C=O) groups excluding carboxylic acids is 1. The van der Waals surface area contributed by atoms with Gasteiger partial charge in [0, 0.05) is 19.5 Å². The van der Waals surface area contributed by atoms with Gasteiger partial charge in [0.25, 0.3) is 0 Å². The molecule has 1 N–H and O–H groups in total. The fraction of sp³-hybridized carbons (Fsp3) is 0.350. The van der Waals surface area contributed by atoms with Crippen molar-refractivity contribution in [3.8, 4) is 0 Å². The van der Waals surface area contributed by atoms with Crippen molar-refractivity contribution in [1.29, 1.82) is 0 Å². The van der Waals surface area contributed by atoms with Crippen LogP contribution in [0, 0.1) is 6.92 Å². The second-order valence-corrected chi connectivity index (χ2v) is 8.44. The molecule has 0 aliphatic carbocycles. The molecule has 5 nitrogen and oxygen atoms in total. The summed E-state index contributed by atoms with van der Waals surface area (Å²) in [7, 11) is -3.68. The molecule has 1 amide bonds. The Morgan fingerprint density at radius 2 is 1.85 bits per heavy atom. The van der Waals surface area contributed by atoms with Crippen molar-refractivity contribution in [2.75, 3.05) is 13.1 Å². The number of hydrogen-bond donors (Lipinski definition) is 1. The summed E-state index contributed by atoms with van der Waals surface area (Å²) >= 11 is 0. The third-order valence-corrected chi connectivity index (χ3v) is 6.67. The Balaban J connectivity index is 2.01. The average molecular weight is 372 g/mol. The van der Waals surface area contributed by atoms with Crippen LogP contribution in [0.15, 0.2) is 53.4 Å². The lowest BCUT2D eigenvalue weighted by Crippen LogP contribution is -2.42. The number of rotatable bonds is 5. The van der Waals surface area contributed by atoms with E-state index in [1.165, 1.54) is 4.31 Å². The Labute approximate surface area is 155 Å². The van der Waals surface area contributed by atoms with E-state index in [4.69, 9.17) is 0 Å². The molecule has 0 aromatic heterocycles. The van der Waals surface area contributed by atoms with E-state index in [-0.39, 0.29) is 17.2 Å². The molecule has 26 heavy (non-hydrogen) atoms. The summed E-state index contributed by atoms with van der Waals surface area (Å²) < 4.78 is 28.0. The third-order valence-electron chi connectivity index (χ3n) is 4.74. The molecule has 138 valence electrons. The van der Waals surface area contributed by atoms with Crippen LogP contribution in [-0.4, -0.2) is 31.7 Å². The normalized spacial score (nSPS) is 17.5. The number of nitrogens with zero attached hydrogens (tertiary/aromatic N) is 1. The summed E-state index contributed by atoms with van der Waals surface area (Å²) in [6.45, 7) is 4.67. The van der Waals surface area contributed by atoms with Gasteiger partial charge in [0.2, 0.25) is 15.9 Å². The Bertz CT molecular complexity index is 892. The minimum Gasteiger partial charge on any atom is -0.356 e. The molecule has 3 rings (SSSR count). The zero-order valence-electron chi connectivity index (χ0n) is 15.1. The summed E-state index contributed by atoms with van der Waals surface area (Å²) in [4.78, 5) is 12.5. The number of fused-ring (bicyclic) bond motifs is 1. The molecule has 2 aromatic rings. The molecule has 2 aromatic carbocycles. The summed E-state index contributed by atoms with van der Waals surface area (Å²) in [5, 5.41) is 2.78. The van der Waals surface area contributed by atoms with E-state index in [0.717, 1.165) is 16.7 Å². The van der Waals surface area contributed by atoms with Crippen LogP contribution in [0.4, 0.5) is 0 Å². The highest BCUT2D eigenvalue weighted by Gasteiger charge is 2.37. The van der Waals surface area contributed by atoms with E-state index in [2.05, 4.69) is 5.32 Å². The lowest BCUT2D eigenvalue weighted by atomic mass is 9.92. The van der Waals surface area contributed by atoms with E-state index < -0.39 is 16.1 Å². The Morgan fingerprint density at radius 1 is 1.15 bits per heavy atom. The lowest BCUT2D eigenvalue weighted by Gasteiger charge is -2.36. The fourth-order valence-corrected chi connectivity index (χ4v) is 5.02. The highest BCUT2D eigenvalue weighted by atomic mass is 32.2. The van der Waals surface area contributed by atoms with E-state index in [0.29, 0.717) is 19.5 Å². The second-order valence-electron chi connectivity index (χ2n) is 6.55. The van der Waals surface area contributed by atoms with Crippen molar-refractivity contribution < 1.29 is 13.2 Å². The zero-order chi connectivity index (χ0) is 18.7. The number of aryl methyl sites for hydroxylation is 1. The first-order valence-corrected chi connectivity index (χ1v) is 10.3. The standard InChI is InChI=1S/C20H24N2O3S/c1-3-21-20(23)14-19-18-7-5-4-6-16(18)12-13-22(19)26(24,25)17-10-8-15(2)9-11-17/h4-11,19H,3,12-14H2,1-2H3,(H,21,23)/t19-/m1/s1. The van der Waals surface area contributed by atoms with E-state index in [9.17, 15) is 13.2 Å². The molecule has 0 radical (unpaired) electrons. The summed E-state index contributed by atoms with van der Waals surface area (Å²) in [6, 6.07) is 14.2. The maximum Gasteiger partial charge on any atom is 0.243 e. The monoisotopic (exact) mass is 372 g/mol. The van der Waals surface area contributed by atoms with Gasteiger partial charge in [0.1, 0.15) is 0 Å². The molecule has 1 atom stereocenters. The third kappa shape index (κ3) is 3.66. The topological polar surface area (TPSA) is 66.5 Å². The molecule has 0 saturated carbocycles. The van der Waals surface area contributed by atoms with Gasteiger partial charge < -0.3 is 5.32 Å². The molecule has 0 fully saturated rings. The van der Waals surface area contributed by atoms with Gasteiger partial charge in [-0.1, -0.05) is 42.0 Å². The van der Waals surface area contributed by atoms with Crippen molar-refractivity contribution in [3.05, 3.63) is 65.2 Å². The number of amides is 1. The molecular formula is C20H24N2O3S. The van der Waals surface area contributed by atoms with Gasteiger partial charge in [-0.15, -0.1) is 0 Å². The summed E-state index contributed by atoms with van der Waals surface area (Å²) in [5.74, 6) is -0.140. The number of carbonyl (C=O) groups is 1. The molecule has 0 saturated heterocycles. The minimum absolute atomic E-state index is 0.121. The van der Waals surface area contributed by atoms with Crippen LogP contribution in [0.3, 0.4) is 0 Å². The number of benzene rings is 2. The second kappa shape index (κ2) is 7.60. The molecular weight excluding hydrogens is 348 g/mol. The van der Waals surface area contributed by atoms with Crippen molar-refractivity contribution in [2.24, 2.45) is 0 Å².